The minimum atomic E-state index is -4.78. The quantitative estimate of drug-likeness (QED) is 0.748. The lowest BCUT2D eigenvalue weighted by Gasteiger charge is -2.35. The molecule has 2 aromatic carbocycles. The van der Waals surface area contributed by atoms with Gasteiger partial charge in [-0.15, -0.1) is 0 Å². The Bertz CT molecular complexity index is 1030. The summed E-state index contributed by atoms with van der Waals surface area (Å²) in [6.07, 6.45) is -5.65. The van der Waals surface area contributed by atoms with E-state index in [4.69, 9.17) is 5.26 Å². The van der Waals surface area contributed by atoms with Gasteiger partial charge in [0.15, 0.2) is 0 Å². The number of hydrogen-bond acceptors (Lipinski definition) is 4. The molecule has 1 aliphatic rings. The molecule has 1 aliphatic heterocycles. The van der Waals surface area contributed by atoms with Gasteiger partial charge in [0.05, 0.1) is 36.0 Å². The van der Waals surface area contributed by atoms with E-state index in [1.807, 2.05) is 19.9 Å². The van der Waals surface area contributed by atoms with Gasteiger partial charge in [0.2, 0.25) is 11.8 Å². The van der Waals surface area contributed by atoms with E-state index in [1.54, 1.807) is 35.2 Å². The van der Waals surface area contributed by atoms with E-state index in [0.717, 1.165) is 5.56 Å². The Hall–Kier alpha value is -3.38. The third kappa shape index (κ3) is 4.92. The number of rotatable bonds is 5. The predicted octanol–water partition coefficient (Wildman–Crippen LogP) is 4.25. The van der Waals surface area contributed by atoms with Crippen molar-refractivity contribution in [1.82, 2.24) is 4.90 Å². The molecule has 0 spiro atoms. The van der Waals surface area contributed by atoms with Gasteiger partial charge in [0.1, 0.15) is 6.04 Å². The molecule has 3 rings (SSSR count). The second kappa shape index (κ2) is 9.40. The van der Waals surface area contributed by atoms with Gasteiger partial charge in [-0.2, -0.15) is 18.4 Å². The predicted molar refractivity (Wildman–Crippen MR) is 114 cm³/mol. The van der Waals surface area contributed by atoms with Crippen LogP contribution in [0.2, 0.25) is 0 Å². The van der Waals surface area contributed by atoms with E-state index < -0.39 is 30.5 Å². The lowest BCUT2D eigenvalue weighted by molar-refractivity contribution is -0.158. The Morgan fingerprint density at radius 1 is 1.25 bits per heavy atom. The number of benzene rings is 2. The van der Waals surface area contributed by atoms with Crippen LogP contribution in [0.5, 0.6) is 0 Å². The average Bonchev–Trinajstić information content (AvgIpc) is 2.92. The molecule has 2 atom stereocenters. The molecule has 0 aromatic heterocycles. The molecule has 0 radical (unpaired) electrons. The normalized spacial score (nSPS) is 17.2. The first-order valence-electron chi connectivity index (χ1n) is 10.2. The Morgan fingerprint density at radius 2 is 1.91 bits per heavy atom. The highest BCUT2D eigenvalue weighted by Crippen LogP contribution is 2.38. The summed E-state index contributed by atoms with van der Waals surface area (Å²) < 4.78 is 41.7. The maximum atomic E-state index is 13.9. The van der Waals surface area contributed by atoms with Gasteiger partial charge >= 0.3 is 6.18 Å². The van der Waals surface area contributed by atoms with Crippen LogP contribution in [0.25, 0.3) is 0 Å². The highest BCUT2D eigenvalue weighted by molar-refractivity contribution is 6.05. The molecular weight excluding hydrogens is 421 g/mol. The SMILES string of the molecule is CCN(CC(=O)N1c2ccccc2NC(=O)CC1C(F)(F)F)C(C)c1ccc(C#N)cc1. The molecular formula is C23H23F3N4O2. The van der Waals surface area contributed by atoms with Crippen LogP contribution in [0, 0.1) is 11.3 Å². The van der Waals surface area contributed by atoms with Crippen LogP contribution < -0.4 is 10.2 Å². The molecule has 0 fully saturated rings. The summed E-state index contributed by atoms with van der Waals surface area (Å²) in [5.74, 6) is -1.55. The molecule has 32 heavy (non-hydrogen) atoms. The summed E-state index contributed by atoms with van der Waals surface area (Å²) in [4.78, 5) is 27.8. The van der Waals surface area contributed by atoms with Crippen molar-refractivity contribution in [2.24, 2.45) is 0 Å². The number of hydrogen-bond donors (Lipinski definition) is 1. The zero-order chi connectivity index (χ0) is 23.5. The van der Waals surface area contributed by atoms with Gasteiger partial charge in [0.25, 0.3) is 0 Å². The van der Waals surface area contributed by atoms with Crippen molar-refractivity contribution in [3.8, 4) is 6.07 Å². The number of amides is 2. The Kier molecular flexibility index (Phi) is 6.84. The van der Waals surface area contributed by atoms with Crippen molar-refractivity contribution in [3.05, 3.63) is 59.7 Å². The van der Waals surface area contributed by atoms with Gasteiger partial charge in [-0.3, -0.25) is 19.4 Å². The Labute approximate surface area is 184 Å². The molecule has 0 saturated carbocycles. The number of likely N-dealkylation sites (N-methyl/N-ethyl adjacent to an activating group) is 1. The van der Waals surface area contributed by atoms with Crippen LogP contribution in [-0.4, -0.2) is 42.0 Å². The van der Waals surface area contributed by atoms with E-state index in [-0.39, 0.29) is 24.0 Å². The molecule has 1 heterocycles. The zero-order valence-corrected chi connectivity index (χ0v) is 17.7. The highest BCUT2D eigenvalue weighted by Gasteiger charge is 2.49. The van der Waals surface area contributed by atoms with Crippen LogP contribution in [-0.2, 0) is 9.59 Å². The van der Waals surface area contributed by atoms with Crippen molar-refractivity contribution in [3.63, 3.8) is 0 Å². The number of halogens is 3. The number of nitriles is 1. The fourth-order valence-corrected chi connectivity index (χ4v) is 3.82. The number of fused-ring (bicyclic) bond motifs is 1. The number of nitrogens with one attached hydrogen (secondary N) is 1. The highest BCUT2D eigenvalue weighted by atomic mass is 19.4. The Balaban J connectivity index is 1.93. The monoisotopic (exact) mass is 444 g/mol. The molecule has 2 amide bonds. The fourth-order valence-electron chi connectivity index (χ4n) is 3.82. The number of anilines is 2. The fraction of sp³-hybridized carbons (Fsp3) is 0.348. The van der Waals surface area contributed by atoms with E-state index in [2.05, 4.69) is 5.32 Å². The van der Waals surface area contributed by atoms with E-state index in [1.165, 1.54) is 18.2 Å². The second-order valence-corrected chi connectivity index (χ2v) is 7.56. The lowest BCUT2D eigenvalue weighted by Crippen LogP contribution is -2.52. The summed E-state index contributed by atoms with van der Waals surface area (Å²) >= 11 is 0. The minimum Gasteiger partial charge on any atom is -0.324 e. The van der Waals surface area contributed by atoms with Gasteiger partial charge < -0.3 is 5.32 Å². The van der Waals surface area contributed by atoms with E-state index in [0.29, 0.717) is 17.0 Å². The van der Waals surface area contributed by atoms with Crippen molar-refractivity contribution < 1.29 is 22.8 Å². The van der Waals surface area contributed by atoms with Gasteiger partial charge in [-0.1, -0.05) is 31.2 Å². The lowest BCUT2D eigenvalue weighted by atomic mass is 10.0. The maximum absolute atomic E-state index is 13.9. The standard InChI is InChI=1S/C23H23F3N4O2/c1-3-29(15(2)17-10-8-16(13-27)9-11-17)14-22(32)30-19-7-5-4-6-18(19)28-21(31)12-20(30)23(24,25)26/h4-11,15,20H,3,12,14H2,1-2H3,(H,28,31). The summed E-state index contributed by atoms with van der Waals surface area (Å²) in [5.41, 5.74) is 1.51. The van der Waals surface area contributed by atoms with Gasteiger partial charge in [-0.05, 0) is 43.3 Å². The second-order valence-electron chi connectivity index (χ2n) is 7.56. The first-order chi connectivity index (χ1) is 15.2. The molecule has 2 aromatic rings. The number of alkyl halides is 3. The van der Waals surface area contributed by atoms with Crippen LogP contribution in [0.15, 0.2) is 48.5 Å². The molecule has 0 bridgehead atoms. The molecule has 0 aliphatic carbocycles. The number of carbonyl (C=O) groups excluding carboxylic acids is 2. The average molecular weight is 444 g/mol. The van der Waals surface area contributed by atoms with Crippen molar-refractivity contribution >= 4 is 23.2 Å². The molecule has 0 saturated heterocycles. The van der Waals surface area contributed by atoms with Gasteiger partial charge in [-0.25, -0.2) is 0 Å². The van der Waals surface area contributed by atoms with Crippen molar-refractivity contribution in [2.45, 2.75) is 38.5 Å². The number of nitrogens with zero attached hydrogens (tertiary/aromatic N) is 3. The number of para-hydroxylation sites is 2. The smallest absolute Gasteiger partial charge is 0.324 e. The zero-order valence-electron chi connectivity index (χ0n) is 17.7. The molecule has 6 nitrogen and oxygen atoms in total. The molecule has 168 valence electrons. The van der Waals surface area contributed by atoms with Crippen molar-refractivity contribution in [1.29, 1.82) is 5.26 Å². The maximum Gasteiger partial charge on any atom is 0.409 e. The topological polar surface area (TPSA) is 76.4 Å². The minimum absolute atomic E-state index is 0.0211. The first-order valence-corrected chi connectivity index (χ1v) is 10.2. The summed E-state index contributed by atoms with van der Waals surface area (Å²) in [6, 6.07) is 12.3. The van der Waals surface area contributed by atoms with Crippen molar-refractivity contribution in [2.75, 3.05) is 23.3 Å². The van der Waals surface area contributed by atoms with E-state index in [9.17, 15) is 22.8 Å². The first kappa shape index (κ1) is 23.3. The van der Waals surface area contributed by atoms with Gasteiger partial charge in [0, 0.05) is 6.04 Å². The summed E-state index contributed by atoms with van der Waals surface area (Å²) in [6.45, 7) is 3.81. The largest absolute Gasteiger partial charge is 0.409 e. The third-order valence-corrected chi connectivity index (χ3v) is 5.59. The summed E-state index contributed by atoms with van der Waals surface area (Å²) in [5, 5.41) is 11.4. The van der Waals surface area contributed by atoms with Crippen LogP contribution in [0.1, 0.15) is 37.4 Å². The van der Waals surface area contributed by atoms with Crippen LogP contribution in [0.3, 0.4) is 0 Å². The van der Waals surface area contributed by atoms with Crippen LogP contribution in [0.4, 0.5) is 24.5 Å². The molecule has 9 heteroatoms. The van der Waals surface area contributed by atoms with Crippen LogP contribution >= 0.6 is 0 Å². The van der Waals surface area contributed by atoms with E-state index >= 15 is 0 Å². The number of carbonyl (C=O) groups is 2. The molecule has 2 unspecified atom stereocenters. The third-order valence-electron chi connectivity index (χ3n) is 5.59. The molecule has 1 N–H and O–H groups in total. The Morgan fingerprint density at radius 3 is 2.50 bits per heavy atom. The summed E-state index contributed by atoms with van der Waals surface area (Å²) in [7, 11) is 0.